The van der Waals surface area contributed by atoms with Crippen LogP contribution >= 0.6 is 11.8 Å². The normalized spacial score (nSPS) is 14.2. The van der Waals surface area contributed by atoms with Gasteiger partial charge in [0.2, 0.25) is 11.1 Å². The molecule has 0 spiro atoms. The Morgan fingerprint density at radius 2 is 1.83 bits per heavy atom. The fraction of sp³-hybridized carbons (Fsp3) is 0.471. The van der Waals surface area contributed by atoms with Gasteiger partial charge in [0, 0.05) is 5.41 Å². The van der Waals surface area contributed by atoms with Crippen LogP contribution < -0.4 is 11.2 Å². The van der Waals surface area contributed by atoms with Crippen molar-refractivity contribution in [2.75, 3.05) is 5.84 Å². The fourth-order valence-electron chi connectivity index (χ4n) is 2.24. The molecule has 3 N–H and O–H groups in total. The van der Waals surface area contributed by atoms with E-state index in [0.717, 1.165) is 5.56 Å². The molecule has 2 rings (SSSR count). The molecule has 0 bridgehead atoms. The van der Waals surface area contributed by atoms with Gasteiger partial charge in [-0.05, 0) is 19.4 Å². The monoisotopic (exact) mass is 347 g/mol. The number of nitrogens with zero attached hydrogens (tertiary/aromatic N) is 3. The minimum atomic E-state index is -0.324. The second-order valence-corrected chi connectivity index (χ2v) is 8.14. The molecule has 0 aliphatic carbocycles. The lowest BCUT2D eigenvalue weighted by Crippen LogP contribution is -2.33. The third-order valence-electron chi connectivity index (χ3n) is 3.65. The predicted octanol–water partition coefficient (Wildman–Crippen LogP) is 2.65. The predicted molar refractivity (Wildman–Crippen MR) is 97.2 cm³/mol. The van der Waals surface area contributed by atoms with Crippen LogP contribution in [0.1, 0.15) is 52.0 Å². The molecule has 1 aromatic heterocycles. The molecular formula is C17H25N5OS. The summed E-state index contributed by atoms with van der Waals surface area (Å²) in [6, 6.07) is 9.81. The number of carbonyl (C=O) groups is 1. The zero-order valence-corrected chi connectivity index (χ0v) is 15.6. The third-order valence-corrected chi connectivity index (χ3v) is 4.70. The maximum atomic E-state index is 12.4. The standard InChI is InChI=1S/C17H25N5OS/c1-11(13-9-7-6-8-10-13)19-14(23)12(2)24-16-21-20-15(22(16)18)17(3,4)5/h6-12H,18H2,1-5H3,(H,19,23). The summed E-state index contributed by atoms with van der Waals surface area (Å²) >= 11 is 1.30. The van der Waals surface area contributed by atoms with Crippen LogP contribution in [-0.2, 0) is 10.2 Å². The molecule has 2 unspecified atom stereocenters. The molecule has 0 fully saturated rings. The number of thioether (sulfide) groups is 1. The Morgan fingerprint density at radius 3 is 2.38 bits per heavy atom. The van der Waals surface area contributed by atoms with E-state index in [1.165, 1.54) is 16.4 Å². The highest BCUT2D eigenvalue weighted by Gasteiger charge is 2.25. The van der Waals surface area contributed by atoms with Crippen LogP contribution in [0.5, 0.6) is 0 Å². The Hall–Kier alpha value is -2.02. The van der Waals surface area contributed by atoms with Crippen molar-refractivity contribution in [3.63, 3.8) is 0 Å². The lowest BCUT2D eigenvalue weighted by molar-refractivity contribution is -0.120. The number of hydrogen-bond acceptors (Lipinski definition) is 5. The number of aromatic nitrogens is 3. The molecular weight excluding hydrogens is 322 g/mol. The van der Waals surface area contributed by atoms with Crippen LogP contribution in [0.25, 0.3) is 0 Å². The summed E-state index contributed by atoms with van der Waals surface area (Å²) < 4.78 is 1.47. The van der Waals surface area contributed by atoms with Gasteiger partial charge in [0.05, 0.1) is 11.3 Å². The number of benzene rings is 1. The maximum absolute atomic E-state index is 12.4. The zero-order valence-electron chi connectivity index (χ0n) is 14.8. The Balaban J connectivity index is 2.01. The number of nitrogens with two attached hydrogens (primary N) is 1. The van der Waals surface area contributed by atoms with E-state index >= 15 is 0 Å². The molecule has 1 amide bonds. The Bertz CT molecular complexity index is 693. The van der Waals surface area contributed by atoms with Crippen molar-refractivity contribution < 1.29 is 4.79 Å². The highest BCUT2D eigenvalue weighted by molar-refractivity contribution is 8.00. The van der Waals surface area contributed by atoms with Gasteiger partial charge in [-0.25, -0.2) is 4.68 Å². The molecule has 7 heteroatoms. The Morgan fingerprint density at radius 1 is 1.21 bits per heavy atom. The summed E-state index contributed by atoms with van der Waals surface area (Å²) in [6.07, 6.45) is 0. The molecule has 2 aromatic rings. The van der Waals surface area contributed by atoms with E-state index in [2.05, 4.69) is 15.5 Å². The van der Waals surface area contributed by atoms with E-state index in [9.17, 15) is 4.79 Å². The van der Waals surface area contributed by atoms with Gasteiger partial charge < -0.3 is 11.2 Å². The van der Waals surface area contributed by atoms with E-state index in [4.69, 9.17) is 5.84 Å². The minimum absolute atomic E-state index is 0.0531. The first-order valence-corrected chi connectivity index (χ1v) is 8.81. The summed E-state index contributed by atoms with van der Waals surface area (Å²) in [6.45, 7) is 9.86. The van der Waals surface area contributed by atoms with Gasteiger partial charge in [0.15, 0.2) is 5.82 Å². The number of amides is 1. The summed E-state index contributed by atoms with van der Waals surface area (Å²) in [5.74, 6) is 6.70. The SMILES string of the molecule is CC(Sc1nnc(C(C)(C)C)n1N)C(=O)NC(C)c1ccccc1. The smallest absolute Gasteiger partial charge is 0.233 e. The molecule has 130 valence electrons. The van der Waals surface area contributed by atoms with Crippen molar-refractivity contribution in [1.29, 1.82) is 0 Å². The van der Waals surface area contributed by atoms with Gasteiger partial charge in [0.1, 0.15) is 0 Å². The minimum Gasteiger partial charge on any atom is -0.349 e. The quantitative estimate of drug-likeness (QED) is 0.641. The van der Waals surface area contributed by atoms with Crippen molar-refractivity contribution in [1.82, 2.24) is 20.2 Å². The van der Waals surface area contributed by atoms with Gasteiger partial charge in [0.25, 0.3) is 0 Å². The average molecular weight is 347 g/mol. The first kappa shape index (κ1) is 18.3. The van der Waals surface area contributed by atoms with E-state index in [0.29, 0.717) is 11.0 Å². The number of nitrogens with one attached hydrogen (secondary N) is 1. The van der Waals surface area contributed by atoms with Gasteiger partial charge in [-0.3, -0.25) is 4.79 Å². The molecule has 0 radical (unpaired) electrons. The van der Waals surface area contributed by atoms with Crippen LogP contribution in [0.15, 0.2) is 35.5 Å². The molecule has 0 aliphatic heterocycles. The Labute approximate surface area is 147 Å². The van der Waals surface area contributed by atoms with Crippen LogP contribution in [0.2, 0.25) is 0 Å². The lowest BCUT2D eigenvalue weighted by Gasteiger charge is -2.18. The van der Waals surface area contributed by atoms with Gasteiger partial charge in [-0.2, -0.15) is 0 Å². The topological polar surface area (TPSA) is 85.8 Å². The van der Waals surface area contributed by atoms with Crippen LogP contribution in [0.3, 0.4) is 0 Å². The molecule has 6 nitrogen and oxygen atoms in total. The van der Waals surface area contributed by atoms with E-state index in [1.807, 2.05) is 65.0 Å². The second-order valence-electron chi connectivity index (χ2n) is 6.83. The summed E-state index contributed by atoms with van der Waals surface area (Å²) in [5.41, 5.74) is 0.869. The highest BCUT2D eigenvalue weighted by atomic mass is 32.2. The van der Waals surface area contributed by atoms with Gasteiger partial charge in [-0.1, -0.05) is 62.9 Å². The molecule has 2 atom stereocenters. The fourth-order valence-corrected chi connectivity index (χ4v) is 3.02. The van der Waals surface area contributed by atoms with E-state index in [1.54, 1.807) is 0 Å². The molecule has 0 aliphatic rings. The van der Waals surface area contributed by atoms with Crippen molar-refractivity contribution in [3.8, 4) is 0 Å². The largest absolute Gasteiger partial charge is 0.349 e. The van der Waals surface area contributed by atoms with Crippen LogP contribution in [-0.4, -0.2) is 26.0 Å². The number of nitrogen functional groups attached to an aromatic ring is 1. The van der Waals surface area contributed by atoms with E-state index < -0.39 is 0 Å². The zero-order chi connectivity index (χ0) is 17.9. The summed E-state index contributed by atoms with van der Waals surface area (Å²) in [7, 11) is 0. The van der Waals surface area contributed by atoms with E-state index in [-0.39, 0.29) is 22.6 Å². The highest BCUT2D eigenvalue weighted by Crippen LogP contribution is 2.26. The number of rotatable bonds is 5. The van der Waals surface area contributed by atoms with Gasteiger partial charge in [-0.15, -0.1) is 10.2 Å². The maximum Gasteiger partial charge on any atom is 0.233 e. The van der Waals surface area contributed by atoms with Crippen molar-refractivity contribution >= 4 is 17.7 Å². The average Bonchev–Trinajstić information content (AvgIpc) is 2.89. The van der Waals surface area contributed by atoms with Crippen LogP contribution in [0.4, 0.5) is 0 Å². The molecule has 0 saturated heterocycles. The van der Waals surface area contributed by atoms with Crippen LogP contribution in [0, 0.1) is 0 Å². The van der Waals surface area contributed by atoms with Crippen molar-refractivity contribution in [2.24, 2.45) is 0 Å². The Kier molecular flexibility index (Phi) is 5.54. The van der Waals surface area contributed by atoms with Gasteiger partial charge >= 0.3 is 0 Å². The number of carbonyl (C=O) groups excluding carboxylic acids is 1. The molecule has 24 heavy (non-hydrogen) atoms. The molecule has 0 saturated carbocycles. The summed E-state index contributed by atoms with van der Waals surface area (Å²) in [5, 5.41) is 11.5. The third kappa shape index (κ3) is 4.29. The van der Waals surface area contributed by atoms with Crippen molar-refractivity contribution in [3.05, 3.63) is 41.7 Å². The first-order valence-electron chi connectivity index (χ1n) is 7.93. The molecule has 1 heterocycles. The number of hydrogen-bond donors (Lipinski definition) is 2. The van der Waals surface area contributed by atoms with Crippen molar-refractivity contribution in [2.45, 2.75) is 56.5 Å². The second kappa shape index (κ2) is 7.25. The molecule has 1 aromatic carbocycles. The first-order chi connectivity index (χ1) is 11.2. The summed E-state index contributed by atoms with van der Waals surface area (Å²) in [4.78, 5) is 12.4. The lowest BCUT2D eigenvalue weighted by atomic mass is 9.96.